The van der Waals surface area contributed by atoms with Gasteiger partial charge in [-0.2, -0.15) is 0 Å². The molecule has 1 aromatic rings. The summed E-state index contributed by atoms with van der Waals surface area (Å²) < 4.78 is 53.6. The number of halogens is 4. The van der Waals surface area contributed by atoms with E-state index in [0.717, 1.165) is 4.90 Å². The Morgan fingerprint density at radius 3 is 2.38 bits per heavy atom. The molecule has 2 rings (SSSR count). The number of hydrogen-bond donors (Lipinski definition) is 1. The molecule has 0 spiro atoms. The van der Waals surface area contributed by atoms with Gasteiger partial charge < -0.3 is 10.0 Å². The smallest absolute Gasteiger partial charge is 0.260 e. The van der Waals surface area contributed by atoms with Crippen LogP contribution in [0.2, 0.25) is 0 Å². The third-order valence-electron chi connectivity index (χ3n) is 3.75. The molecule has 1 heterocycles. The fourth-order valence-electron chi connectivity index (χ4n) is 2.51. The van der Waals surface area contributed by atoms with Gasteiger partial charge in [-0.3, -0.25) is 4.79 Å². The van der Waals surface area contributed by atoms with Gasteiger partial charge in [0.2, 0.25) is 0 Å². The molecule has 7 heteroatoms. The summed E-state index contributed by atoms with van der Waals surface area (Å²) in [6.45, 7) is 1.87. The van der Waals surface area contributed by atoms with Gasteiger partial charge in [0.25, 0.3) is 5.91 Å². The van der Waals surface area contributed by atoms with Crippen LogP contribution < -0.4 is 0 Å². The lowest BCUT2D eigenvalue weighted by atomic mass is 9.93. The van der Waals surface area contributed by atoms with Crippen LogP contribution in [0.25, 0.3) is 0 Å². The second kappa shape index (κ2) is 6.01. The topological polar surface area (TPSA) is 40.5 Å². The Bertz CT molecular complexity index is 536. The van der Waals surface area contributed by atoms with E-state index in [4.69, 9.17) is 0 Å². The SMILES string of the molecule is CC(O)C1CCCN(C(=O)c2c(F)c(F)cc(F)c2F)C1. The van der Waals surface area contributed by atoms with Gasteiger partial charge in [0.1, 0.15) is 5.56 Å². The van der Waals surface area contributed by atoms with Gasteiger partial charge in [-0.1, -0.05) is 0 Å². The molecular formula is C14H15F4NO2. The normalized spacial score (nSPS) is 20.5. The van der Waals surface area contributed by atoms with Crippen molar-refractivity contribution in [2.75, 3.05) is 13.1 Å². The van der Waals surface area contributed by atoms with E-state index in [1.54, 1.807) is 6.92 Å². The molecule has 1 aromatic carbocycles. The van der Waals surface area contributed by atoms with Crippen molar-refractivity contribution in [3.63, 3.8) is 0 Å². The maximum absolute atomic E-state index is 13.6. The zero-order chi connectivity index (χ0) is 15.7. The molecule has 0 aliphatic carbocycles. The summed E-state index contributed by atoms with van der Waals surface area (Å²) in [6.07, 6.45) is 0.534. The predicted octanol–water partition coefficient (Wildman–Crippen LogP) is 2.48. The van der Waals surface area contributed by atoms with Crippen molar-refractivity contribution in [3.8, 4) is 0 Å². The Kier molecular flexibility index (Phi) is 4.51. The standard InChI is InChI=1S/C14H15F4NO2/c1-7(20)8-3-2-4-19(6-8)14(21)11-12(17)9(15)5-10(16)13(11)18/h5,7-8,20H,2-4,6H2,1H3. The van der Waals surface area contributed by atoms with Crippen molar-refractivity contribution >= 4 is 5.91 Å². The molecule has 1 aliphatic rings. The quantitative estimate of drug-likeness (QED) is 0.673. The Morgan fingerprint density at radius 1 is 1.29 bits per heavy atom. The molecule has 116 valence electrons. The van der Waals surface area contributed by atoms with Crippen LogP contribution in [-0.2, 0) is 0 Å². The van der Waals surface area contributed by atoms with Gasteiger partial charge in [-0.25, -0.2) is 17.6 Å². The highest BCUT2D eigenvalue weighted by Crippen LogP contribution is 2.25. The molecule has 0 radical (unpaired) electrons. The number of rotatable bonds is 2. The molecule has 1 fully saturated rings. The maximum Gasteiger partial charge on any atom is 0.260 e. The van der Waals surface area contributed by atoms with Crippen LogP contribution in [-0.4, -0.2) is 35.1 Å². The molecule has 1 amide bonds. The first kappa shape index (κ1) is 15.8. The van der Waals surface area contributed by atoms with Gasteiger partial charge in [-0.05, 0) is 19.8 Å². The number of carbonyl (C=O) groups is 1. The minimum Gasteiger partial charge on any atom is -0.393 e. The number of piperidine rings is 1. The molecule has 0 bridgehead atoms. The minimum absolute atomic E-state index is 0.0657. The first-order valence-electron chi connectivity index (χ1n) is 6.63. The third kappa shape index (κ3) is 3.02. The van der Waals surface area contributed by atoms with Gasteiger partial charge in [0.15, 0.2) is 23.3 Å². The highest BCUT2D eigenvalue weighted by Gasteiger charge is 2.32. The summed E-state index contributed by atoms with van der Waals surface area (Å²) in [5, 5.41) is 9.54. The highest BCUT2D eigenvalue weighted by atomic mass is 19.2. The van der Waals surface area contributed by atoms with Gasteiger partial charge in [0.05, 0.1) is 6.10 Å². The zero-order valence-corrected chi connectivity index (χ0v) is 11.4. The summed E-state index contributed by atoms with van der Waals surface area (Å²) in [5.41, 5.74) is -1.22. The monoisotopic (exact) mass is 305 g/mol. The van der Waals surface area contributed by atoms with E-state index >= 15 is 0 Å². The van der Waals surface area contributed by atoms with Crippen LogP contribution in [0.5, 0.6) is 0 Å². The fourth-order valence-corrected chi connectivity index (χ4v) is 2.51. The predicted molar refractivity (Wildman–Crippen MR) is 66.6 cm³/mol. The van der Waals surface area contributed by atoms with E-state index < -0.39 is 40.8 Å². The number of aliphatic hydroxyl groups is 1. The first-order chi connectivity index (χ1) is 9.82. The summed E-state index contributed by atoms with van der Waals surface area (Å²) in [5.74, 6) is -7.94. The van der Waals surface area contributed by atoms with E-state index in [1.165, 1.54) is 0 Å². The van der Waals surface area contributed by atoms with Gasteiger partial charge in [-0.15, -0.1) is 0 Å². The minimum atomic E-state index is -1.70. The molecule has 21 heavy (non-hydrogen) atoms. The van der Waals surface area contributed by atoms with Crippen LogP contribution in [0.1, 0.15) is 30.1 Å². The molecule has 3 nitrogen and oxygen atoms in total. The summed E-state index contributed by atoms with van der Waals surface area (Å²) in [6, 6.07) is 0.0657. The van der Waals surface area contributed by atoms with Crippen molar-refractivity contribution < 1.29 is 27.5 Å². The Labute approximate surface area is 119 Å². The molecule has 0 saturated carbocycles. The van der Waals surface area contributed by atoms with Crippen molar-refractivity contribution in [1.29, 1.82) is 0 Å². The van der Waals surface area contributed by atoms with E-state index in [0.29, 0.717) is 12.8 Å². The third-order valence-corrected chi connectivity index (χ3v) is 3.75. The second-order valence-corrected chi connectivity index (χ2v) is 5.24. The lowest BCUT2D eigenvalue weighted by molar-refractivity contribution is 0.0457. The number of carbonyl (C=O) groups excluding carboxylic acids is 1. The van der Waals surface area contributed by atoms with Gasteiger partial charge in [0, 0.05) is 25.1 Å². The molecule has 1 saturated heterocycles. The molecule has 2 atom stereocenters. The van der Waals surface area contributed by atoms with Crippen LogP contribution in [0.15, 0.2) is 6.07 Å². The van der Waals surface area contributed by atoms with E-state index in [1.807, 2.05) is 0 Å². The van der Waals surface area contributed by atoms with E-state index in [-0.39, 0.29) is 25.1 Å². The van der Waals surface area contributed by atoms with Crippen LogP contribution in [0, 0.1) is 29.2 Å². The zero-order valence-electron chi connectivity index (χ0n) is 11.4. The van der Waals surface area contributed by atoms with Crippen molar-refractivity contribution in [2.24, 2.45) is 5.92 Å². The Balaban J connectivity index is 2.32. The number of aliphatic hydroxyl groups excluding tert-OH is 1. The second-order valence-electron chi connectivity index (χ2n) is 5.24. The van der Waals surface area contributed by atoms with Crippen molar-refractivity contribution in [3.05, 3.63) is 34.9 Å². The van der Waals surface area contributed by atoms with Crippen LogP contribution in [0.4, 0.5) is 17.6 Å². The van der Waals surface area contributed by atoms with Crippen molar-refractivity contribution in [2.45, 2.75) is 25.9 Å². The maximum atomic E-state index is 13.6. The summed E-state index contributed by atoms with van der Waals surface area (Å²) in [4.78, 5) is 13.3. The highest BCUT2D eigenvalue weighted by molar-refractivity contribution is 5.95. The van der Waals surface area contributed by atoms with E-state index in [9.17, 15) is 27.5 Å². The molecule has 0 aromatic heterocycles. The van der Waals surface area contributed by atoms with Crippen LogP contribution in [0.3, 0.4) is 0 Å². The molecule has 1 aliphatic heterocycles. The number of amides is 1. The molecular weight excluding hydrogens is 290 g/mol. The Hall–Kier alpha value is -1.63. The molecule has 2 unspecified atom stereocenters. The lowest BCUT2D eigenvalue weighted by Gasteiger charge is -2.34. The average Bonchev–Trinajstić information content (AvgIpc) is 2.45. The fraction of sp³-hybridized carbons (Fsp3) is 0.500. The largest absolute Gasteiger partial charge is 0.393 e. The van der Waals surface area contributed by atoms with Crippen LogP contribution >= 0.6 is 0 Å². The van der Waals surface area contributed by atoms with Gasteiger partial charge >= 0.3 is 0 Å². The number of nitrogens with zero attached hydrogens (tertiary/aromatic N) is 1. The lowest BCUT2D eigenvalue weighted by Crippen LogP contribution is -2.43. The number of likely N-dealkylation sites (tertiary alicyclic amines) is 1. The summed E-state index contributed by atoms with van der Waals surface area (Å²) in [7, 11) is 0. The average molecular weight is 305 g/mol. The Morgan fingerprint density at radius 2 is 1.86 bits per heavy atom. The summed E-state index contributed by atoms with van der Waals surface area (Å²) >= 11 is 0. The van der Waals surface area contributed by atoms with E-state index in [2.05, 4.69) is 0 Å². The first-order valence-corrected chi connectivity index (χ1v) is 6.63. The number of hydrogen-bond acceptors (Lipinski definition) is 2. The molecule has 1 N–H and O–H groups in total. The van der Waals surface area contributed by atoms with Crippen molar-refractivity contribution in [1.82, 2.24) is 4.90 Å². The number of benzene rings is 1.